The van der Waals surface area contributed by atoms with Crippen LogP contribution in [0.15, 0.2) is 0 Å². The van der Waals surface area contributed by atoms with Gasteiger partial charge in [-0.15, -0.1) is 0 Å². The lowest BCUT2D eigenvalue weighted by Crippen LogP contribution is -2.40. The van der Waals surface area contributed by atoms with E-state index in [4.69, 9.17) is 0 Å². The summed E-state index contributed by atoms with van der Waals surface area (Å²) < 4.78 is 0. The minimum atomic E-state index is 0.0717. The number of hydrogen-bond donors (Lipinski definition) is 2. The zero-order valence-corrected chi connectivity index (χ0v) is 9.84. The summed E-state index contributed by atoms with van der Waals surface area (Å²) in [5.74, 6) is 0.916. The molecule has 0 aliphatic heterocycles. The molecule has 1 aliphatic carbocycles. The SMILES string of the molecule is CCC(NCC(C)(CC)CO)C1CC1. The number of rotatable bonds is 7. The Morgan fingerprint density at radius 1 is 1.43 bits per heavy atom. The molecule has 2 N–H and O–H groups in total. The molecule has 0 heterocycles. The van der Waals surface area contributed by atoms with Gasteiger partial charge in [-0.05, 0) is 31.6 Å². The quantitative estimate of drug-likeness (QED) is 0.658. The Kier molecular flexibility index (Phi) is 4.39. The Morgan fingerprint density at radius 3 is 2.43 bits per heavy atom. The van der Waals surface area contributed by atoms with Crippen LogP contribution in [0.25, 0.3) is 0 Å². The standard InChI is InChI=1S/C12H25NO/c1-4-11(10-6-7-10)13-8-12(3,5-2)9-14/h10-11,13-14H,4-9H2,1-3H3. The van der Waals surface area contributed by atoms with E-state index in [1.807, 2.05) is 0 Å². The summed E-state index contributed by atoms with van der Waals surface area (Å²) in [7, 11) is 0. The molecule has 0 radical (unpaired) electrons. The third-order valence-electron chi connectivity index (χ3n) is 3.66. The van der Waals surface area contributed by atoms with Crippen LogP contribution in [0.4, 0.5) is 0 Å². The summed E-state index contributed by atoms with van der Waals surface area (Å²) >= 11 is 0. The van der Waals surface area contributed by atoms with Gasteiger partial charge in [-0.3, -0.25) is 0 Å². The Hall–Kier alpha value is -0.0800. The number of nitrogens with one attached hydrogen (secondary N) is 1. The van der Waals surface area contributed by atoms with Crippen molar-refractivity contribution in [1.29, 1.82) is 0 Å². The smallest absolute Gasteiger partial charge is 0.0496 e. The maximum absolute atomic E-state index is 9.29. The number of aliphatic hydroxyl groups excluding tert-OH is 1. The van der Waals surface area contributed by atoms with Crippen molar-refractivity contribution in [3.8, 4) is 0 Å². The predicted molar refractivity (Wildman–Crippen MR) is 60.3 cm³/mol. The minimum Gasteiger partial charge on any atom is -0.396 e. The van der Waals surface area contributed by atoms with E-state index in [0.717, 1.165) is 18.9 Å². The molecule has 1 rings (SSSR count). The Balaban J connectivity index is 2.28. The van der Waals surface area contributed by atoms with Gasteiger partial charge in [0.1, 0.15) is 0 Å². The van der Waals surface area contributed by atoms with E-state index >= 15 is 0 Å². The lowest BCUT2D eigenvalue weighted by atomic mass is 9.88. The highest BCUT2D eigenvalue weighted by Gasteiger charge is 2.31. The molecule has 0 spiro atoms. The van der Waals surface area contributed by atoms with Gasteiger partial charge in [0.05, 0.1) is 0 Å². The first-order chi connectivity index (χ1) is 6.65. The first-order valence-electron chi connectivity index (χ1n) is 5.99. The topological polar surface area (TPSA) is 32.3 Å². The van der Waals surface area contributed by atoms with Crippen molar-refractivity contribution in [3.05, 3.63) is 0 Å². The summed E-state index contributed by atoms with van der Waals surface area (Å²) in [5, 5.41) is 12.9. The highest BCUT2D eigenvalue weighted by Crippen LogP contribution is 2.34. The summed E-state index contributed by atoms with van der Waals surface area (Å²) in [5.41, 5.74) is 0.0717. The highest BCUT2D eigenvalue weighted by molar-refractivity contribution is 4.87. The van der Waals surface area contributed by atoms with Crippen molar-refractivity contribution >= 4 is 0 Å². The van der Waals surface area contributed by atoms with Gasteiger partial charge in [-0.1, -0.05) is 20.8 Å². The molecule has 0 aromatic carbocycles. The van der Waals surface area contributed by atoms with E-state index in [1.54, 1.807) is 0 Å². The van der Waals surface area contributed by atoms with Gasteiger partial charge in [0, 0.05) is 24.6 Å². The summed E-state index contributed by atoms with van der Waals surface area (Å²) in [4.78, 5) is 0. The lowest BCUT2D eigenvalue weighted by molar-refractivity contribution is 0.130. The van der Waals surface area contributed by atoms with Crippen molar-refractivity contribution in [2.75, 3.05) is 13.2 Å². The normalized spacial score (nSPS) is 23.1. The summed E-state index contributed by atoms with van der Waals surface area (Å²) in [6.45, 7) is 7.79. The van der Waals surface area contributed by atoms with Crippen LogP contribution in [0.2, 0.25) is 0 Å². The van der Waals surface area contributed by atoms with Crippen LogP contribution in [-0.2, 0) is 0 Å². The third kappa shape index (κ3) is 3.25. The van der Waals surface area contributed by atoms with Crippen molar-refractivity contribution < 1.29 is 5.11 Å². The molecule has 14 heavy (non-hydrogen) atoms. The fraction of sp³-hybridized carbons (Fsp3) is 1.00. The van der Waals surface area contributed by atoms with E-state index in [0.29, 0.717) is 6.04 Å². The van der Waals surface area contributed by atoms with Crippen LogP contribution in [0, 0.1) is 11.3 Å². The molecule has 1 saturated carbocycles. The van der Waals surface area contributed by atoms with E-state index in [9.17, 15) is 5.11 Å². The molecule has 0 amide bonds. The maximum atomic E-state index is 9.29. The summed E-state index contributed by atoms with van der Waals surface area (Å²) in [6, 6.07) is 0.687. The molecule has 2 heteroatoms. The Labute approximate surface area is 88.1 Å². The summed E-state index contributed by atoms with van der Waals surface area (Å²) in [6.07, 6.45) is 5.05. The second-order valence-electron chi connectivity index (χ2n) is 5.06. The Bertz CT molecular complexity index is 162. The molecule has 2 atom stereocenters. The third-order valence-corrected chi connectivity index (χ3v) is 3.66. The first kappa shape index (κ1) is 12.0. The van der Waals surface area contributed by atoms with E-state index < -0.39 is 0 Å². The van der Waals surface area contributed by atoms with Gasteiger partial charge in [0.2, 0.25) is 0 Å². The van der Waals surface area contributed by atoms with Crippen LogP contribution in [0.3, 0.4) is 0 Å². The van der Waals surface area contributed by atoms with Gasteiger partial charge in [0.15, 0.2) is 0 Å². The zero-order chi connectivity index (χ0) is 10.6. The molecule has 2 nitrogen and oxygen atoms in total. The van der Waals surface area contributed by atoms with Crippen molar-refractivity contribution in [1.82, 2.24) is 5.32 Å². The molecule has 1 aliphatic rings. The van der Waals surface area contributed by atoms with Crippen LogP contribution in [-0.4, -0.2) is 24.3 Å². The molecule has 2 unspecified atom stereocenters. The molecule has 0 saturated heterocycles. The van der Waals surface area contributed by atoms with Crippen LogP contribution < -0.4 is 5.32 Å². The van der Waals surface area contributed by atoms with Crippen LogP contribution >= 0.6 is 0 Å². The number of hydrogen-bond acceptors (Lipinski definition) is 2. The number of aliphatic hydroxyl groups is 1. The molecular formula is C12H25NO. The second kappa shape index (κ2) is 5.13. The van der Waals surface area contributed by atoms with E-state index in [1.165, 1.54) is 19.3 Å². The average Bonchev–Trinajstić information content (AvgIpc) is 3.02. The fourth-order valence-electron chi connectivity index (χ4n) is 1.81. The van der Waals surface area contributed by atoms with Gasteiger partial charge in [0.25, 0.3) is 0 Å². The van der Waals surface area contributed by atoms with Gasteiger partial charge >= 0.3 is 0 Å². The van der Waals surface area contributed by atoms with Crippen molar-refractivity contribution in [2.45, 2.75) is 52.5 Å². The highest BCUT2D eigenvalue weighted by atomic mass is 16.3. The maximum Gasteiger partial charge on any atom is 0.0496 e. The molecule has 84 valence electrons. The molecule has 0 bridgehead atoms. The van der Waals surface area contributed by atoms with Crippen LogP contribution in [0.1, 0.15) is 46.5 Å². The van der Waals surface area contributed by atoms with Gasteiger partial charge in [-0.25, -0.2) is 0 Å². The average molecular weight is 199 g/mol. The molecule has 1 fully saturated rings. The second-order valence-corrected chi connectivity index (χ2v) is 5.06. The largest absolute Gasteiger partial charge is 0.396 e. The molecule has 0 aromatic rings. The Morgan fingerprint density at radius 2 is 2.07 bits per heavy atom. The van der Waals surface area contributed by atoms with Gasteiger partial charge < -0.3 is 10.4 Å². The van der Waals surface area contributed by atoms with Crippen molar-refractivity contribution in [2.24, 2.45) is 11.3 Å². The first-order valence-corrected chi connectivity index (χ1v) is 5.99. The molecule has 0 aromatic heterocycles. The molecular weight excluding hydrogens is 174 g/mol. The van der Waals surface area contributed by atoms with Crippen LogP contribution in [0.5, 0.6) is 0 Å². The lowest BCUT2D eigenvalue weighted by Gasteiger charge is -2.29. The van der Waals surface area contributed by atoms with Crippen molar-refractivity contribution in [3.63, 3.8) is 0 Å². The monoisotopic (exact) mass is 199 g/mol. The van der Waals surface area contributed by atoms with E-state index in [2.05, 4.69) is 26.1 Å². The van der Waals surface area contributed by atoms with Gasteiger partial charge in [-0.2, -0.15) is 0 Å². The van der Waals surface area contributed by atoms with E-state index in [-0.39, 0.29) is 12.0 Å². The zero-order valence-electron chi connectivity index (χ0n) is 9.84. The minimum absolute atomic E-state index is 0.0717. The predicted octanol–water partition coefficient (Wildman–Crippen LogP) is 2.17. The fourth-order valence-corrected chi connectivity index (χ4v) is 1.81.